The first-order valence-corrected chi connectivity index (χ1v) is 9.76. The maximum absolute atomic E-state index is 12.3. The molecule has 9 N–H and O–H groups in total. The van der Waals surface area contributed by atoms with E-state index in [9.17, 15) is 9.90 Å². The van der Waals surface area contributed by atoms with Crippen LogP contribution in [0.5, 0.6) is 11.5 Å². The Balaban J connectivity index is 2.30. The Morgan fingerprint density at radius 2 is 1.26 bits per heavy atom. The highest BCUT2D eigenvalue weighted by Gasteiger charge is 2.20. The van der Waals surface area contributed by atoms with Crippen molar-refractivity contribution in [2.75, 3.05) is 0 Å². The third-order valence-electron chi connectivity index (χ3n) is 4.46. The van der Waals surface area contributed by atoms with Gasteiger partial charge in [0.1, 0.15) is 11.5 Å². The Morgan fingerprint density at radius 3 is 1.65 bits per heavy atom. The zero-order chi connectivity index (χ0) is 23.0. The van der Waals surface area contributed by atoms with Gasteiger partial charge < -0.3 is 32.8 Å². The molecule has 2 rings (SSSR count). The smallest absolute Gasteiger partial charge is 0.359 e. The topological polar surface area (TPSA) is 175 Å². The molecule has 0 saturated heterocycles. The van der Waals surface area contributed by atoms with Gasteiger partial charge in [-0.15, -0.1) is 0 Å². The monoisotopic (exact) mass is 424 g/mol. The van der Waals surface area contributed by atoms with Crippen LogP contribution in [0.3, 0.4) is 0 Å². The second-order valence-corrected chi connectivity index (χ2v) is 6.64. The standard InChI is InChI=1S/C22H28N6O3/c1-3-17(13-5-9-15(29)10-6-13)18(4-2)14-7-11-16(12-8-14)31-20(30)19(27-21(23)24)28-22(25)26/h5-12,19,29H,3-4H2,1-2H3,(H4,23,24,27)(H4,25,26,28). The lowest BCUT2D eigenvalue weighted by atomic mass is 9.91. The Hall–Kier alpha value is -4.01. The molecule has 0 fully saturated rings. The maximum Gasteiger partial charge on any atom is 0.359 e. The highest BCUT2D eigenvalue weighted by atomic mass is 16.5. The van der Waals surface area contributed by atoms with Crippen molar-refractivity contribution in [1.82, 2.24) is 0 Å². The minimum Gasteiger partial charge on any atom is -0.508 e. The molecule has 9 nitrogen and oxygen atoms in total. The van der Waals surface area contributed by atoms with Gasteiger partial charge in [0.2, 0.25) is 6.17 Å². The summed E-state index contributed by atoms with van der Waals surface area (Å²) in [4.78, 5) is 19.7. The second-order valence-electron chi connectivity index (χ2n) is 6.64. The molecule has 0 unspecified atom stereocenters. The van der Waals surface area contributed by atoms with Crippen molar-refractivity contribution in [3.63, 3.8) is 0 Å². The molecule has 0 saturated carbocycles. The molecule has 0 bridgehead atoms. The maximum atomic E-state index is 12.3. The molecule has 0 amide bonds. The van der Waals surface area contributed by atoms with E-state index in [0.29, 0.717) is 5.75 Å². The normalized spacial score (nSPS) is 11.5. The molecular weight excluding hydrogens is 396 g/mol. The van der Waals surface area contributed by atoms with Crippen LogP contribution in [0.25, 0.3) is 11.1 Å². The van der Waals surface area contributed by atoms with E-state index in [2.05, 4.69) is 23.8 Å². The lowest BCUT2D eigenvalue weighted by Crippen LogP contribution is -2.33. The van der Waals surface area contributed by atoms with E-state index in [1.807, 2.05) is 24.3 Å². The summed E-state index contributed by atoms with van der Waals surface area (Å²) in [5.41, 5.74) is 25.6. The molecule has 0 spiro atoms. The number of aliphatic imine (C=N–C) groups is 2. The minimum absolute atomic E-state index is 0.225. The van der Waals surface area contributed by atoms with Gasteiger partial charge in [0.05, 0.1) is 0 Å². The first-order valence-electron chi connectivity index (χ1n) is 9.76. The number of carbonyl (C=O) groups is 1. The number of guanidine groups is 2. The van der Waals surface area contributed by atoms with E-state index in [0.717, 1.165) is 29.5 Å². The average Bonchev–Trinajstić information content (AvgIpc) is 2.72. The number of nitrogens with two attached hydrogens (primary N) is 4. The lowest BCUT2D eigenvalue weighted by molar-refractivity contribution is -0.135. The van der Waals surface area contributed by atoms with Gasteiger partial charge in [-0.3, -0.25) is 0 Å². The number of rotatable bonds is 8. The molecule has 164 valence electrons. The molecule has 0 atom stereocenters. The first-order chi connectivity index (χ1) is 14.7. The van der Waals surface area contributed by atoms with Gasteiger partial charge in [0, 0.05) is 0 Å². The van der Waals surface area contributed by atoms with Crippen LogP contribution in [0.4, 0.5) is 0 Å². The number of aromatic hydroxyl groups is 1. The van der Waals surface area contributed by atoms with Gasteiger partial charge in [-0.2, -0.15) is 0 Å². The van der Waals surface area contributed by atoms with Crippen LogP contribution in [0, 0.1) is 0 Å². The van der Waals surface area contributed by atoms with Crippen molar-refractivity contribution in [2.45, 2.75) is 32.9 Å². The van der Waals surface area contributed by atoms with E-state index >= 15 is 0 Å². The number of phenolic OH excluding ortho intramolecular Hbond substituents is 1. The zero-order valence-electron chi connectivity index (χ0n) is 17.6. The zero-order valence-corrected chi connectivity index (χ0v) is 17.6. The molecule has 0 aliphatic rings. The number of allylic oxidation sites excluding steroid dienone is 2. The predicted octanol–water partition coefficient (Wildman–Crippen LogP) is 1.90. The van der Waals surface area contributed by atoms with Gasteiger partial charge in [-0.1, -0.05) is 38.1 Å². The van der Waals surface area contributed by atoms with Gasteiger partial charge in [0.25, 0.3) is 0 Å². The molecule has 2 aromatic rings. The van der Waals surface area contributed by atoms with Crippen molar-refractivity contribution in [2.24, 2.45) is 32.9 Å². The lowest BCUT2D eigenvalue weighted by Gasteiger charge is -2.15. The van der Waals surface area contributed by atoms with Crippen LogP contribution >= 0.6 is 0 Å². The van der Waals surface area contributed by atoms with Crippen molar-refractivity contribution < 1.29 is 14.6 Å². The van der Waals surface area contributed by atoms with Gasteiger partial charge >= 0.3 is 5.97 Å². The van der Waals surface area contributed by atoms with Crippen molar-refractivity contribution in [3.05, 3.63) is 59.7 Å². The van der Waals surface area contributed by atoms with E-state index in [4.69, 9.17) is 27.7 Å². The minimum atomic E-state index is -1.39. The molecule has 9 heteroatoms. The average molecular weight is 425 g/mol. The largest absolute Gasteiger partial charge is 0.508 e. The SMILES string of the molecule is CCC(=C(CC)c1ccc(OC(=O)C(N=C(N)N)N=C(N)N)cc1)c1ccc(O)cc1. The summed E-state index contributed by atoms with van der Waals surface area (Å²) < 4.78 is 5.31. The molecule has 2 aromatic carbocycles. The van der Waals surface area contributed by atoms with E-state index < -0.39 is 12.1 Å². The Labute approximate surface area is 181 Å². The summed E-state index contributed by atoms with van der Waals surface area (Å²) in [5.74, 6) is -0.988. The summed E-state index contributed by atoms with van der Waals surface area (Å²) in [7, 11) is 0. The summed E-state index contributed by atoms with van der Waals surface area (Å²) in [6.45, 7) is 4.16. The van der Waals surface area contributed by atoms with Crippen molar-refractivity contribution in [3.8, 4) is 11.5 Å². The molecule has 0 aliphatic heterocycles. The number of benzene rings is 2. The number of hydrogen-bond donors (Lipinski definition) is 5. The summed E-state index contributed by atoms with van der Waals surface area (Å²) in [6, 6.07) is 14.2. The van der Waals surface area contributed by atoms with Crippen LogP contribution in [0.15, 0.2) is 58.5 Å². The third kappa shape index (κ3) is 6.49. The Bertz CT molecular complexity index is 969. The number of hydrogen-bond acceptors (Lipinski definition) is 5. The fraction of sp³-hybridized carbons (Fsp3) is 0.227. The van der Waals surface area contributed by atoms with E-state index in [1.54, 1.807) is 24.3 Å². The van der Waals surface area contributed by atoms with Gasteiger partial charge in [0.15, 0.2) is 11.9 Å². The highest BCUT2D eigenvalue weighted by molar-refractivity contribution is 5.91. The number of esters is 1. The molecular formula is C22H28N6O3. The fourth-order valence-electron chi connectivity index (χ4n) is 3.16. The number of nitrogens with zero attached hydrogens (tertiary/aromatic N) is 2. The van der Waals surface area contributed by atoms with Crippen molar-refractivity contribution in [1.29, 1.82) is 0 Å². The van der Waals surface area contributed by atoms with Crippen LogP contribution in [-0.2, 0) is 4.79 Å². The Kier molecular flexibility index (Phi) is 8.01. The first kappa shape index (κ1) is 23.3. The van der Waals surface area contributed by atoms with Gasteiger partial charge in [-0.05, 0) is 59.4 Å². The van der Waals surface area contributed by atoms with Gasteiger partial charge in [-0.25, -0.2) is 14.8 Å². The van der Waals surface area contributed by atoms with Crippen LogP contribution in [0.1, 0.15) is 37.8 Å². The highest BCUT2D eigenvalue weighted by Crippen LogP contribution is 2.32. The van der Waals surface area contributed by atoms with Crippen molar-refractivity contribution >= 4 is 29.0 Å². The molecule has 0 aromatic heterocycles. The summed E-state index contributed by atoms with van der Waals surface area (Å²) >= 11 is 0. The number of phenols is 1. The quantitative estimate of drug-likeness (QED) is 0.141. The van der Waals surface area contributed by atoms with Crippen LogP contribution < -0.4 is 27.7 Å². The van der Waals surface area contributed by atoms with E-state index in [-0.39, 0.29) is 17.7 Å². The molecule has 0 heterocycles. The van der Waals surface area contributed by atoms with E-state index in [1.165, 1.54) is 5.57 Å². The molecule has 0 aliphatic carbocycles. The van der Waals surface area contributed by atoms with Crippen LogP contribution in [0.2, 0.25) is 0 Å². The third-order valence-corrected chi connectivity index (χ3v) is 4.46. The number of carbonyl (C=O) groups excluding carboxylic acids is 1. The summed E-state index contributed by atoms with van der Waals surface area (Å²) in [6.07, 6.45) is 0.242. The molecule has 31 heavy (non-hydrogen) atoms. The molecule has 0 radical (unpaired) electrons. The predicted molar refractivity (Wildman–Crippen MR) is 123 cm³/mol. The fourth-order valence-corrected chi connectivity index (χ4v) is 3.16. The Morgan fingerprint density at radius 1 is 0.839 bits per heavy atom. The number of ether oxygens (including phenoxy) is 1. The summed E-state index contributed by atoms with van der Waals surface area (Å²) in [5, 5.41) is 9.56. The van der Waals surface area contributed by atoms with Crippen LogP contribution in [-0.4, -0.2) is 29.2 Å². The second kappa shape index (κ2) is 10.7.